The number of piperidine rings is 1. The van der Waals surface area contributed by atoms with Gasteiger partial charge in [0.05, 0.1) is 7.11 Å². The normalized spacial score (nSPS) is 20.4. The van der Waals surface area contributed by atoms with E-state index in [0.29, 0.717) is 6.54 Å². The van der Waals surface area contributed by atoms with E-state index in [1.165, 1.54) is 17.7 Å². The van der Waals surface area contributed by atoms with Gasteiger partial charge in [-0.3, -0.25) is 9.69 Å². The molecule has 30 heavy (non-hydrogen) atoms. The van der Waals surface area contributed by atoms with E-state index in [-0.39, 0.29) is 17.2 Å². The first kappa shape index (κ1) is 19.5. The first-order chi connectivity index (χ1) is 14.5. The fraction of sp³-hybridized carbons (Fsp3) is 0.458. The second-order valence-electron chi connectivity index (χ2n) is 8.89. The highest BCUT2D eigenvalue weighted by Crippen LogP contribution is 2.49. The quantitative estimate of drug-likeness (QED) is 0.752. The van der Waals surface area contributed by atoms with E-state index in [2.05, 4.69) is 11.0 Å². The predicted molar refractivity (Wildman–Crippen MR) is 111 cm³/mol. The zero-order chi connectivity index (χ0) is 20.9. The summed E-state index contributed by atoms with van der Waals surface area (Å²) in [5.74, 6) is -0.357. The van der Waals surface area contributed by atoms with Gasteiger partial charge in [-0.1, -0.05) is 6.07 Å². The molecule has 0 radical (unpaired) electrons. The molecule has 5 rings (SSSR count). The summed E-state index contributed by atoms with van der Waals surface area (Å²) >= 11 is 0. The fourth-order valence-corrected chi connectivity index (χ4v) is 4.99. The van der Waals surface area contributed by atoms with E-state index < -0.39 is 11.6 Å². The molecule has 0 atom stereocenters. The van der Waals surface area contributed by atoms with Crippen molar-refractivity contribution < 1.29 is 18.3 Å². The number of hydrogen-bond donors (Lipinski definition) is 0. The van der Waals surface area contributed by atoms with Gasteiger partial charge in [-0.2, -0.15) is 0 Å². The summed E-state index contributed by atoms with van der Waals surface area (Å²) < 4.78 is 32.2. The van der Waals surface area contributed by atoms with Crippen molar-refractivity contribution in [1.29, 1.82) is 0 Å². The first-order valence-electron chi connectivity index (χ1n) is 10.7. The first-order valence-corrected chi connectivity index (χ1v) is 10.7. The number of carbonyl (C=O) groups is 1. The van der Waals surface area contributed by atoms with Crippen molar-refractivity contribution in [2.75, 3.05) is 31.6 Å². The van der Waals surface area contributed by atoms with Crippen LogP contribution >= 0.6 is 0 Å². The van der Waals surface area contributed by atoms with Crippen LogP contribution in [0.3, 0.4) is 0 Å². The maximum atomic E-state index is 13.6. The van der Waals surface area contributed by atoms with E-state index >= 15 is 0 Å². The molecular formula is C24H26F2N2O2. The molecule has 0 aromatic heterocycles. The Balaban J connectivity index is 1.36. The molecule has 2 heterocycles. The number of ether oxygens (including phenoxy) is 1. The van der Waals surface area contributed by atoms with Gasteiger partial charge in [0.15, 0.2) is 11.6 Å². The Morgan fingerprint density at radius 1 is 1.10 bits per heavy atom. The molecule has 2 aliphatic heterocycles. The lowest BCUT2D eigenvalue weighted by molar-refractivity contribution is -0.119. The Morgan fingerprint density at radius 2 is 1.87 bits per heavy atom. The van der Waals surface area contributed by atoms with Crippen molar-refractivity contribution in [1.82, 2.24) is 4.90 Å². The molecule has 0 N–H and O–H groups in total. The lowest BCUT2D eigenvalue weighted by atomic mass is 9.74. The van der Waals surface area contributed by atoms with Gasteiger partial charge in [-0.25, -0.2) is 8.78 Å². The highest BCUT2D eigenvalue weighted by atomic mass is 19.2. The van der Waals surface area contributed by atoms with E-state index in [1.54, 1.807) is 13.2 Å². The van der Waals surface area contributed by atoms with E-state index in [0.717, 1.165) is 62.3 Å². The van der Waals surface area contributed by atoms with Gasteiger partial charge < -0.3 is 9.64 Å². The minimum atomic E-state index is -0.812. The molecule has 1 saturated carbocycles. The topological polar surface area (TPSA) is 32.8 Å². The Bertz CT molecular complexity index is 981. The number of rotatable bonds is 4. The minimum Gasteiger partial charge on any atom is -0.497 e. The summed E-state index contributed by atoms with van der Waals surface area (Å²) in [6, 6.07) is 10.2. The van der Waals surface area contributed by atoms with Crippen molar-refractivity contribution in [3.05, 3.63) is 59.2 Å². The van der Waals surface area contributed by atoms with Crippen LogP contribution in [0, 0.1) is 17.6 Å². The van der Waals surface area contributed by atoms with Gasteiger partial charge in [0, 0.05) is 30.1 Å². The van der Waals surface area contributed by atoms with Crippen LogP contribution in [-0.4, -0.2) is 37.6 Å². The van der Waals surface area contributed by atoms with Gasteiger partial charge in [0.25, 0.3) is 0 Å². The number of fused-ring (bicyclic) bond motifs is 2. The van der Waals surface area contributed by atoms with Crippen molar-refractivity contribution in [2.24, 2.45) is 5.92 Å². The number of nitrogens with zero attached hydrogens (tertiary/aromatic N) is 2. The van der Waals surface area contributed by atoms with Crippen LogP contribution in [0.5, 0.6) is 5.75 Å². The van der Waals surface area contributed by atoms with Crippen LogP contribution in [0.15, 0.2) is 36.4 Å². The number of benzene rings is 2. The van der Waals surface area contributed by atoms with Crippen molar-refractivity contribution >= 4 is 11.6 Å². The zero-order valence-electron chi connectivity index (χ0n) is 17.2. The summed E-state index contributed by atoms with van der Waals surface area (Å²) in [5.41, 5.74) is 2.95. The largest absolute Gasteiger partial charge is 0.497 e. The van der Waals surface area contributed by atoms with Crippen molar-refractivity contribution in [2.45, 2.75) is 37.6 Å². The molecule has 0 unspecified atom stereocenters. The van der Waals surface area contributed by atoms with E-state index in [9.17, 15) is 13.6 Å². The van der Waals surface area contributed by atoms with Gasteiger partial charge in [-0.05, 0) is 80.2 Å². The Hall–Kier alpha value is -2.47. The summed E-state index contributed by atoms with van der Waals surface area (Å²) in [5, 5.41) is 0. The van der Waals surface area contributed by atoms with Gasteiger partial charge in [-0.15, -0.1) is 0 Å². The molecule has 6 heteroatoms. The third-order valence-corrected chi connectivity index (χ3v) is 6.92. The summed E-state index contributed by atoms with van der Waals surface area (Å²) in [6.07, 6.45) is 3.84. The number of hydrogen-bond acceptors (Lipinski definition) is 3. The Kier molecular flexibility index (Phi) is 4.77. The molecule has 0 bridgehead atoms. The zero-order valence-corrected chi connectivity index (χ0v) is 17.2. The number of likely N-dealkylation sites (tertiary alicyclic amines) is 1. The van der Waals surface area contributed by atoms with Crippen LogP contribution in [0.1, 0.15) is 36.8 Å². The minimum absolute atomic E-state index is 0.0705. The second-order valence-corrected chi connectivity index (χ2v) is 8.89. The fourth-order valence-electron chi connectivity index (χ4n) is 4.99. The molecule has 2 fully saturated rings. The number of methoxy groups -OCH3 is 1. The molecular weight excluding hydrogens is 386 g/mol. The number of amides is 1. The number of anilines is 1. The Labute approximate surface area is 175 Å². The van der Waals surface area contributed by atoms with Crippen LogP contribution in [-0.2, 0) is 16.8 Å². The molecule has 3 aliphatic rings. The highest BCUT2D eigenvalue weighted by molar-refractivity contribution is 5.99. The summed E-state index contributed by atoms with van der Waals surface area (Å²) in [7, 11) is 1.67. The monoisotopic (exact) mass is 412 g/mol. The maximum absolute atomic E-state index is 13.6. The molecule has 1 spiro atoms. The van der Waals surface area contributed by atoms with Crippen molar-refractivity contribution in [3.8, 4) is 5.75 Å². The molecule has 1 amide bonds. The van der Waals surface area contributed by atoms with Crippen LogP contribution < -0.4 is 9.64 Å². The SMILES string of the molecule is COc1ccc2c(c1)C1(CCN(Cc3ccc(F)c(F)c3)CC1)CN2C(=O)C1CC1. The standard InChI is InChI=1S/C24H26F2N2O2/c1-30-18-5-7-22-19(13-18)24(15-28(22)23(29)17-3-4-17)8-10-27(11-9-24)14-16-2-6-20(25)21(26)12-16/h2,5-7,12-13,17H,3-4,8-11,14-15H2,1H3. The lowest BCUT2D eigenvalue weighted by Crippen LogP contribution is -2.46. The van der Waals surface area contributed by atoms with Crippen LogP contribution in [0.2, 0.25) is 0 Å². The van der Waals surface area contributed by atoms with Gasteiger partial charge in [0.2, 0.25) is 5.91 Å². The lowest BCUT2D eigenvalue weighted by Gasteiger charge is -2.40. The summed E-state index contributed by atoms with van der Waals surface area (Å²) in [6.45, 7) is 3.02. The molecule has 1 aliphatic carbocycles. The number of carbonyl (C=O) groups excluding carboxylic acids is 1. The third-order valence-electron chi connectivity index (χ3n) is 6.92. The highest BCUT2D eigenvalue weighted by Gasteiger charge is 2.48. The van der Waals surface area contributed by atoms with Crippen molar-refractivity contribution in [3.63, 3.8) is 0 Å². The Morgan fingerprint density at radius 3 is 2.53 bits per heavy atom. The number of halogens is 2. The van der Waals surface area contributed by atoms with Gasteiger partial charge >= 0.3 is 0 Å². The summed E-state index contributed by atoms with van der Waals surface area (Å²) in [4.78, 5) is 17.2. The van der Waals surface area contributed by atoms with E-state index in [1.807, 2.05) is 17.0 Å². The third kappa shape index (κ3) is 3.37. The smallest absolute Gasteiger partial charge is 0.230 e. The molecule has 2 aromatic rings. The van der Waals surface area contributed by atoms with Crippen LogP contribution in [0.4, 0.5) is 14.5 Å². The van der Waals surface area contributed by atoms with Gasteiger partial charge in [0.1, 0.15) is 5.75 Å². The van der Waals surface area contributed by atoms with E-state index in [4.69, 9.17) is 4.74 Å². The molecule has 1 saturated heterocycles. The average Bonchev–Trinajstić information content (AvgIpc) is 3.56. The molecule has 158 valence electrons. The maximum Gasteiger partial charge on any atom is 0.230 e. The predicted octanol–water partition coefficient (Wildman–Crippen LogP) is 4.26. The van der Waals surface area contributed by atoms with Crippen LogP contribution in [0.25, 0.3) is 0 Å². The molecule has 4 nitrogen and oxygen atoms in total. The molecule has 2 aromatic carbocycles. The second kappa shape index (κ2) is 7.34. The average molecular weight is 412 g/mol.